The summed E-state index contributed by atoms with van der Waals surface area (Å²) in [5.74, 6) is 1.99. The minimum atomic E-state index is -0.0754. The second-order valence-electron chi connectivity index (χ2n) is 5.03. The van der Waals surface area contributed by atoms with E-state index >= 15 is 0 Å². The predicted octanol–water partition coefficient (Wildman–Crippen LogP) is 2.97. The van der Waals surface area contributed by atoms with Gasteiger partial charge in [-0.2, -0.15) is 0 Å². The zero-order valence-electron chi connectivity index (χ0n) is 12.8. The van der Waals surface area contributed by atoms with Crippen molar-refractivity contribution in [3.8, 4) is 11.5 Å². The molecule has 0 atom stereocenters. The maximum absolute atomic E-state index is 12.4. The van der Waals surface area contributed by atoms with Crippen LogP contribution in [0, 0.1) is 6.92 Å². The number of nitrogens with zero attached hydrogens (tertiary/aromatic N) is 1. The zero-order chi connectivity index (χ0) is 15.7. The maximum Gasteiger partial charge on any atom is 0.251 e. The number of methoxy groups -OCH3 is 2. The van der Waals surface area contributed by atoms with E-state index in [1.807, 2.05) is 31.2 Å². The maximum atomic E-state index is 12.4. The number of aryl methyl sites for hydroxylation is 1. The van der Waals surface area contributed by atoms with Gasteiger partial charge in [-0.3, -0.25) is 4.79 Å². The summed E-state index contributed by atoms with van der Waals surface area (Å²) in [5, 5.41) is 1.78. The molecule has 0 N–H and O–H groups in total. The molecule has 2 heterocycles. The van der Waals surface area contributed by atoms with Gasteiger partial charge in [0.15, 0.2) is 11.5 Å². The van der Waals surface area contributed by atoms with Crippen molar-refractivity contribution >= 4 is 10.8 Å². The van der Waals surface area contributed by atoms with Gasteiger partial charge >= 0.3 is 0 Å². The Labute approximate surface area is 127 Å². The van der Waals surface area contributed by atoms with Gasteiger partial charge in [0.05, 0.1) is 27.0 Å². The lowest BCUT2D eigenvalue weighted by molar-refractivity contribution is 0.356. The quantitative estimate of drug-likeness (QED) is 0.743. The van der Waals surface area contributed by atoms with E-state index in [2.05, 4.69) is 0 Å². The first-order chi connectivity index (χ1) is 10.6. The molecular formula is C17H17NO4. The molecule has 3 aromatic rings. The topological polar surface area (TPSA) is 53.6 Å². The average molecular weight is 299 g/mol. The fraction of sp³-hybridized carbons (Fsp3) is 0.235. The molecule has 2 aromatic heterocycles. The molecule has 5 nitrogen and oxygen atoms in total. The number of fused-ring (bicyclic) bond motifs is 1. The first kappa shape index (κ1) is 14.3. The molecule has 0 aliphatic carbocycles. The van der Waals surface area contributed by atoms with Crippen LogP contribution < -0.4 is 15.0 Å². The van der Waals surface area contributed by atoms with E-state index in [1.165, 1.54) is 0 Å². The minimum Gasteiger partial charge on any atom is -0.493 e. The van der Waals surface area contributed by atoms with Gasteiger partial charge in [0.2, 0.25) is 0 Å². The van der Waals surface area contributed by atoms with E-state index in [0.29, 0.717) is 18.0 Å². The van der Waals surface area contributed by atoms with Gasteiger partial charge in [0, 0.05) is 17.1 Å². The Balaban J connectivity index is 2.21. The predicted molar refractivity (Wildman–Crippen MR) is 83.9 cm³/mol. The van der Waals surface area contributed by atoms with Crippen LogP contribution in [0.15, 0.2) is 45.8 Å². The van der Waals surface area contributed by atoms with E-state index < -0.39 is 0 Å². The minimum absolute atomic E-state index is 0.0754. The van der Waals surface area contributed by atoms with Crippen molar-refractivity contribution in [2.24, 2.45) is 0 Å². The summed E-state index contributed by atoms with van der Waals surface area (Å²) in [4.78, 5) is 12.4. The second kappa shape index (κ2) is 5.60. The molecule has 1 aromatic carbocycles. The van der Waals surface area contributed by atoms with Crippen molar-refractivity contribution in [3.05, 3.63) is 58.4 Å². The third-order valence-electron chi connectivity index (χ3n) is 3.79. The van der Waals surface area contributed by atoms with Gasteiger partial charge in [-0.05, 0) is 36.6 Å². The number of hydrogen-bond acceptors (Lipinski definition) is 4. The van der Waals surface area contributed by atoms with Gasteiger partial charge in [0.25, 0.3) is 5.56 Å². The van der Waals surface area contributed by atoms with Gasteiger partial charge in [-0.15, -0.1) is 0 Å². The van der Waals surface area contributed by atoms with Crippen molar-refractivity contribution in [3.63, 3.8) is 0 Å². The third kappa shape index (κ3) is 2.35. The Kier molecular flexibility index (Phi) is 3.63. The van der Waals surface area contributed by atoms with Gasteiger partial charge < -0.3 is 18.5 Å². The van der Waals surface area contributed by atoms with Crippen molar-refractivity contribution in [1.82, 2.24) is 4.57 Å². The van der Waals surface area contributed by atoms with E-state index in [0.717, 1.165) is 22.2 Å². The highest BCUT2D eigenvalue weighted by molar-refractivity contribution is 5.87. The molecule has 0 aliphatic rings. The molecule has 0 fully saturated rings. The highest BCUT2D eigenvalue weighted by Gasteiger charge is 2.12. The fourth-order valence-corrected chi connectivity index (χ4v) is 2.60. The molecule has 0 spiro atoms. The molecule has 22 heavy (non-hydrogen) atoms. The molecule has 0 unspecified atom stereocenters. The Bertz CT molecular complexity index is 862. The zero-order valence-corrected chi connectivity index (χ0v) is 12.8. The van der Waals surface area contributed by atoms with E-state index in [4.69, 9.17) is 13.9 Å². The van der Waals surface area contributed by atoms with Crippen molar-refractivity contribution in [2.75, 3.05) is 14.2 Å². The number of pyridine rings is 1. The highest BCUT2D eigenvalue weighted by Crippen LogP contribution is 2.32. The van der Waals surface area contributed by atoms with Crippen LogP contribution in [-0.4, -0.2) is 18.8 Å². The van der Waals surface area contributed by atoms with Gasteiger partial charge in [0.1, 0.15) is 5.76 Å². The largest absolute Gasteiger partial charge is 0.493 e. The van der Waals surface area contributed by atoms with Crippen LogP contribution in [0.2, 0.25) is 0 Å². The lowest BCUT2D eigenvalue weighted by atomic mass is 10.1. The standard InChI is InChI=1S/C17H17NO4/c1-11-14-9-16(21-3)15(20-2)7-12(14)8-17(19)18(11)10-13-5-4-6-22-13/h4-9H,10H2,1-3H3. The molecule has 0 saturated heterocycles. The molecule has 0 saturated carbocycles. The molecule has 0 radical (unpaired) electrons. The summed E-state index contributed by atoms with van der Waals surface area (Å²) in [6.45, 7) is 2.32. The normalized spacial score (nSPS) is 10.9. The highest BCUT2D eigenvalue weighted by atomic mass is 16.5. The van der Waals surface area contributed by atoms with Gasteiger partial charge in [-0.1, -0.05) is 0 Å². The number of ether oxygens (including phenoxy) is 2. The summed E-state index contributed by atoms with van der Waals surface area (Å²) >= 11 is 0. The first-order valence-corrected chi connectivity index (χ1v) is 6.92. The number of benzene rings is 1. The fourth-order valence-electron chi connectivity index (χ4n) is 2.60. The monoisotopic (exact) mass is 299 g/mol. The van der Waals surface area contributed by atoms with Crippen LogP contribution in [0.5, 0.6) is 11.5 Å². The van der Waals surface area contributed by atoms with Crippen molar-refractivity contribution in [2.45, 2.75) is 13.5 Å². The lowest BCUT2D eigenvalue weighted by Gasteiger charge is -2.14. The molecule has 0 bridgehead atoms. The smallest absolute Gasteiger partial charge is 0.251 e. The first-order valence-electron chi connectivity index (χ1n) is 6.92. The van der Waals surface area contributed by atoms with Gasteiger partial charge in [-0.25, -0.2) is 0 Å². The Morgan fingerprint density at radius 1 is 1.14 bits per heavy atom. The van der Waals surface area contributed by atoms with Crippen LogP contribution in [0.1, 0.15) is 11.5 Å². The summed E-state index contributed by atoms with van der Waals surface area (Å²) in [7, 11) is 3.17. The van der Waals surface area contributed by atoms with E-state index in [-0.39, 0.29) is 5.56 Å². The van der Waals surface area contributed by atoms with Crippen LogP contribution >= 0.6 is 0 Å². The molecule has 0 aliphatic heterocycles. The van der Waals surface area contributed by atoms with Crippen LogP contribution in [-0.2, 0) is 6.54 Å². The average Bonchev–Trinajstić information content (AvgIpc) is 3.03. The summed E-state index contributed by atoms with van der Waals surface area (Å²) < 4.78 is 17.7. The van der Waals surface area contributed by atoms with Crippen molar-refractivity contribution in [1.29, 1.82) is 0 Å². The van der Waals surface area contributed by atoms with Crippen molar-refractivity contribution < 1.29 is 13.9 Å². The molecular weight excluding hydrogens is 282 g/mol. The van der Waals surface area contributed by atoms with Crippen LogP contribution in [0.3, 0.4) is 0 Å². The summed E-state index contributed by atoms with van der Waals surface area (Å²) in [6.07, 6.45) is 1.60. The van der Waals surface area contributed by atoms with Crippen LogP contribution in [0.4, 0.5) is 0 Å². The Morgan fingerprint density at radius 2 is 1.86 bits per heavy atom. The van der Waals surface area contributed by atoms with E-state index in [9.17, 15) is 4.79 Å². The number of rotatable bonds is 4. The SMILES string of the molecule is COc1cc2cc(=O)n(Cc3ccco3)c(C)c2cc1OC. The second-order valence-corrected chi connectivity index (χ2v) is 5.03. The van der Waals surface area contributed by atoms with Crippen LogP contribution in [0.25, 0.3) is 10.8 Å². The number of hydrogen-bond donors (Lipinski definition) is 0. The van der Waals surface area contributed by atoms with E-state index in [1.54, 1.807) is 31.1 Å². The molecule has 114 valence electrons. The number of furan rings is 1. The number of aromatic nitrogens is 1. The molecule has 3 rings (SSSR count). The Hall–Kier alpha value is -2.69. The summed E-state index contributed by atoms with van der Waals surface area (Å²) in [5.41, 5.74) is 0.786. The third-order valence-corrected chi connectivity index (χ3v) is 3.79. The summed E-state index contributed by atoms with van der Waals surface area (Å²) in [6, 6.07) is 8.98. The molecule has 0 amide bonds. The molecule has 5 heteroatoms. The lowest BCUT2D eigenvalue weighted by Crippen LogP contribution is -2.22. The Morgan fingerprint density at radius 3 is 2.50 bits per heavy atom.